The van der Waals surface area contributed by atoms with Gasteiger partial charge in [-0.15, -0.1) is 10.2 Å². The molecule has 31 heavy (non-hydrogen) atoms. The fourth-order valence-electron chi connectivity index (χ4n) is 3.88. The van der Waals surface area contributed by atoms with Crippen LogP contribution in [0.3, 0.4) is 0 Å². The molecule has 0 atom stereocenters. The van der Waals surface area contributed by atoms with Gasteiger partial charge in [0.2, 0.25) is 5.89 Å². The molecule has 1 saturated carbocycles. The summed E-state index contributed by atoms with van der Waals surface area (Å²) in [6.45, 7) is 5.57. The molecule has 6 heteroatoms. The molecule has 0 amide bonds. The minimum atomic E-state index is 0.454. The van der Waals surface area contributed by atoms with Crippen LogP contribution < -0.4 is 0 Å². The molecular weight excluding hydrogens is 388 g/mol. The predicted octanol–water partition coefficient (Wildman–Crippen LogP) is 5.43. The van der Waals surface area contributed by atoms with E-state index in [0.29, 0.717) is 30.1 Å². The van der Waals surface area contributed by atoms with Crippen molar-refractivity contribution in [1.82, 2.24) is 20.3 Å². The van der Waals surface area contributed by atoms with E-state index in [0.717, 1.165) is 29.8 Å². The largest absolute Gasteiger partial charge is 0.419 e. The summed E-state index contributed by atoms with van der Waals surface area (Å²) in [5.41, 5.74) is 5.12. The minimum absolute atomic E-state index is 0.454. The maximum atomic E-state index is 6.09. The SMILES string of the molecule is CCc1ccc(CN(Cc2nnc(-c3c(-c4ccccc4)noc3C)o2)C2CC2)cc1. The van der Waals surface area contributed by atoms with Crippen LogP contribution in [0.15, 0.2) is 63.5 Å². The lowest BCUT2D eigenvalue weighted by Gasteiger charge is -2.20. The molecule has 2 aromatic carbocycles. The van der Waals surface area contributed by atoms with E-state index in [4.69, 9.17) is 8.94 Å². The Hall–Kier alpha value is -3.25. The highest BCUT2D eigenvalue weighted by Crippen LogP contribution is 2.34. The Morgan fingerprint density at radius 2 is 1.68 bits per heavy atom. The number of aryl methyl sites for hydroxylation is 2. The molecule has 0 N–H and O–H groups in total. The minimum Gasteiger partial charge on any atom is -0.419 e. The highest BCUT2D eigenvalue weighted by Gasteiger charge is 2.31. The molecule has 0 aliphatic heterocycles. The molecule has 0 radical (unpaired) electrons. The number of hydrogen-bond acceptors (Lipinski definition) is 6. The molecule has 2 heterocycles. The summed E-state index contributed by atoms with van der Waals surface area (Å²) in [5.74, 6) is 1.74. The van der Waals surface area contributed by atoms with Gasteiger partial charge >= 0.3 is 0 Å². The smallest absolute Gasteiger partial charge is 0.253 e. The normalized spacial score (nSPS) is 13.8. The van der Waals surface area contributed by atoms with E-state index >= 15 is 0 Å². The van der Waals surface area contributed by atoms with Gasteiger partial charge in [-0.1, -0.05) is 66.7 Å². The molecule has 5 rings (SSSR count). The van der Waals surface area contributed by atoms with E-state index < -0.39 is 0 Å². The van der Waals surface area contributed by atoms with Crippen LogP contribution in [0.4, 0.5) is 0 Å². The van der Waals surface area contributed by atoms with Crippen molar-refractivity contribution >= 4 is 0 Å². The summed E-state index contributed by atoms with van der Waals surface area (Å²) < 4.78 is 11.5. The van der Waals surface area contributed by atoms with E-state index in [-0.39, 0.29) is 0 Å². The summed E-state index contributed by atoms with van der Waals surface area (Å²) in [7, 11) is 0. The third kappa shape index (κ3) is 4.30. The lowest BCUT2D eigenvalue weighted by atomic mass is 10.1. The monoisotopic (exact) mass is 414 g/mol. The van der Waals surface area contributed by atoms with Crippen LogP contribution in [0.25, 0.3) is 22.7 Å². The topological polar surface area (TPSA) is 68.2 Å². The molecule has 158 valence electrons. The Kier molecular flexibility index (Phi) is 5.38. The molecule has 1 aliphatic rings. The summed E-state index contributed by atoms with van der Waals surface area (Å²) in [4.78, 5) is 2.43. The summed E-state index contributed by atoms with van der Waals surface area (Å²) in [5, 5.41) is 12.9. The van der Waals surface area contributed by atoms with E-state index in [1.54, 1.807) is 0 Å². The van der Waals surface area contributed by atoms with Gasteiger partial charge in [0.15, 0.2) is 0 Å². The van der Waals surface area contributed by atoms with E-state index in [2.05, 4.69) is 51.4 Å². The third-order valence-corrected chi connectivity index (χ3v) is 5.81. The van der Waals surface area contributed by atoms with Crippen LogP contribution in [0.5, 0.6) is 0 Å². The van der Waals surface area contributed by atoms with Crippen molar-refractivity contribution in [1.29, 1.82) is 0 Å². The summed E-state index contributed by atoms with van der Waals surface area (Å²) in [6.07, 6.45) is 3.50. The van der Waals surface area contributed by atoms with Crippen LogP contribution in [-0.4, -0.2) is 26.3 Å². The second-order valence-electron chi connectivity index (χ2n) is 8.14. The van der Waals surface area contributed by atoms with Crippen LogP contribution in [0, 0.1) is 6.92 Å². The predicted molar refractivity (Wildman–Crippen MR) is 118 cm³/mol. The second kappa shape index (κ2) is 8.47. The van der Waals surface area contributed by atoms with Gasteiger partial charge in [-0.25, -0.2) is 0 Å². The van der Waals surface area contributed by atoms with Crippen molar-refractivity contribution in [2.24, 2.45) is 0 Å². The Morgan fingerprint density at radius 3 is 2.39 bits per heavy atom. The quantitative estimate of drug-likeness (QED) is 0.383. The zero-order chi connectivity index (χ0) is 21.2. The molecule has 6 nitrogen and oxygen atoms in total. The van der Waals surface area contributed by atoms with Crippen molar-refractivity contribution in [3.05, 3.63) is 77.4 Å². The van der Waals surface area contributed by atoms with Crippen molar-refractivity contribution in [3.63, 3.8) is 0 Å². The van der Waals surface area contributed by atoms with Gasteiger partial charge in [0, 0.05) is 18.2 Å². The Bertz CT molecular complexity index is 1140. The molecule has 0 unspecified atom stereocenters. The molecule has 1 fully saturated rings. The third-order valence-electron chi connectivity index (χ3n) is 5.81. The highest BCUT2D eigenvalue weighted by molar-refractivity contribution is 5.77. The number of benzene rings is 2. The van der Waals surface area contributed by atoms with Crippen molar-refractivity contribution < 1.29 is 8.94 Å². The van der Waals surface area contributed by atoms with Crippen molar-refractivity contribution in [2.75, 3.05) is 0 Å². The van der Waals surface area contributed by atoms with E-state index in [9.17, 15) is 0 Å². The van der Waals surface area contributed by atoms with Gasteiger partial charge in [0.05, 0.1) is 6.54 Å². The van der Waals surface area contributed by atoms with Gasteiger partial charge in [-0.3, -0.25) is 4.90 Å². The molecular formula is C25H26N4O2. The molecule has 0 spiro atoms. The first-order chi connectivity index (χ1) is 15.2. The van der Waals surface area contributed by atoms with Gasteiger partial charge in [-0.05, 0) is 37.3 Å². The van der Waals surface area contributed by atoms with Gasteiger partial charge in [0.25, 0.3) is 5.89 Å². The van der Waals surface area contributed by atoms with Crippen LogP contribution in [0.1, 0.15) is 42.5 Å². The zero-order valence-corrected chi connectivity index (χ0v) is 17.9. The number of hydrogen-bond donors (Lipinski definition) is 0. The first kappa shape index (κ1) is 19.7. The Labute approximate surface area is 181 Å². The lowest BCUT2D eigenvalue weighted by Crippen LogP contribution is -2.25. The van der Waals surface area contributed by atoms with Crippen LogP contribution >= 0.6 is 0 Å². The maximum absolute atomic E-state index is 6.09. The molecule has 2 aromatic heterocycles. The molecule has 1 aliphatic carbocycles. The average Bonchev–Trinajstić information content (AvgIpc) is 3.44. The van der Waals surface area contributed by atoms with Gasteiger partial charge in [-0.2, -0.15) is 0 Å². The lowest BCUT2D eigenvalue weighted by molar-refractivity contribution is 0.221. The Morgan fingerprint density at radius 1 is 0.935 bits per heavy atom. The van der Waals surface area contributed by atoms with Crippen LogP contribution in [0.2, 0.25) is 0 Å². The number of aromatic nitrogens is 3. The highest BCUT2D eigenvalue weighted by atomic mass is 16.5. The Balaban J connectivity index is 1.36. The van der Waals surface area contributed by atoms with Crippen molar-refractivity contribution in [2.45, 2.75) is 52.2 Å². The van der Waals surface area contributed by atoms with E-state index in [1.165, 1.54) is 24.0 Å². The molecule has 4 aromatic rings. The first-order valence-electron chi connectivity index (χ1n) is 10.9. The van der Waals surface area contributed by atoms with Gasteiger partial charge in [0.1, 0.15) is 17.0 Å². The maximum Gasteiger partial charge on any atom is 0.253 e. The first-order valence-corrected chi connectivity index (χ1v) is 10.9. The summed E-state index contributed by atoms with van der Waals surface area (Å²) >= 11 is 0. The molecule has 0 bridgehead atoms. The second-order valence-corrected chi connectivity index (χ2v) is 8.14. The van der Waals surface area contributed by atoms with Crippen LogP contribution in [-0.2, 0) is 19.5 Å². The zero-order valence-electron chi connectivity index (χ0n) is 17.9. The standard InChI is InChI=1S/C25H26N4O2/c1-3-18-9-11-19(12-10-18)15-29(21-13-14-21)16-22-26-27-25(30-22)23-17(2)31-28-24(23)20-7-5-4-6-8-20/h4-12,21H,3,13-16H2,1-2H3. The van der Waals surface area contributed by atoms with Gasteiger partial charge < -0.3 is 8.94 Å². The fraction of sp³-hybridized carbons (Fsp3) is 0.320. The fourth-order valence-corrected chi connectivity index (χ4v) is 3.88. The number of nitrogens with zero attached hydrogens (tertiary/aromatic N) is 4. The van der Waals surface area contributed by atoms with E-state index in [1.807, 2.05) is 37.3 Å². The van der Waals surface area contributed by atoms with Crippen molar-refractivity contribution in [3.8, 4) is 22.7 Å². The molecule has 0 saturated heterocycles. The average molecular weight is 415 g/mol. The summed E-state index contributed by atoms with van der Waals surface area (Å²) in [6, 6.07) is 19.4. The number of rotatable bonds is 8.